The third-order valence-corrected chi connectivity index (χ3v) is 9.69. The molecular weight excluding hydrogens is 609 g/mol. The maximum atomic E-state index is 6.49. The van der Waals surface area contributed by atoms with Crippen molar-refractivity contribution in [1.82, 2.24) is 0 Å². The Morgan fingerprint density at radius 1 is 0.300 bits per heavy atom. The van der Waals surface area contributed by atoms with Crippen LogP contribution in [0.2, 0.25) is 0 Å². The Balaban J connectivity index is 1.30. The minimum atomic E-state index is -0.797. The van der Waals surface area contributed by atoms with Gasteiger partial charge in [-0.2, -0.15) is 0 Å². The molecule has 0 bridgehead atoms. The van der Waals surface area contributed by atoms with Crippen molar-refractivity contribution in [3.63, 3.8) is 0 Å². The Morgan fingerprint density at radius 3 is 0.900 bits per heavy atom. The van der Waals surface area contributed by atoms with E-state index in [0.29, 0.717) is 0 Å². The number of para-hydroxylation sites is 4. The maximum Gasteiger partial charge on any atom is 0.132 e. The number of fused-ring (bicyclic) bond motifs is 4. The van der Waals surface area contributed by atoms with E-state index in [-0.39, 0.29) is 0 Å². The first-order valence-corrected chi connectivity index (χ1v) is 16.8. The molecule has 0 saturated heterocycles. The smallest absolute Gasteiger partial charge is 0.132 e. The fourth-order valence-corrected chi connectivity index (χ4v) is 7.37. The molecule has 0 aliphatic carbocycles. The first-order chi connectivity index (χ1) is 24.8. The monoisotopic (exact) mass is 638 g/mol. The van der Waals surface area contributed by atoms with E-state index in [1.54, 1.807) is 0 Å². The number of benzene rings is 7. The van der Waals surface area contributed by atoms with Gasteiger partial charge >= 0.3 is 0 Å². The lowest BCUT2D eigenvalue weighted by atomic mass is 9.65. The average Bonchev–Trinajstić information content (AvgIpc) is 3.19. The van der Waals surface area contributed by atoms with Gasteiger partial charge in [-0.05, 0) is 59.7 Å². The lowest BCUT2D eigenvalue weighted by Gasteiger charge is -2.39. The van der Waals surface area contributed by atoms with Crippen molar-refractivity contribution < 1.29 is 9.47 Å². The van der Waals surface area contributed by atoms with E-state index < -0.39 is 10.8 Å². The molecule has 0 atom stereocenters. The van der Waals surface area contributed by atoms with E-state index in [0.717, 1.165) is 67.5 Å². The highest BCUT2D eigenvalue weighted by molar-refractivity contribution is 5.72. The third-order valence-electron chi connectivity index (χ3n) is 9.69. The first-order valence-electron chi connectivity index (χ1n) is 16.8. The van der Waals surface area contributed by atoms with Crippen LogP contribution >= 0.6 is 0 Å². The Morgan fingerprint density at radius 2 is 0.580 bits per heavy atom. The topological polar surface area (TPSA) is 18.5 Å². The van der Waals surface area contributed by atoms with E-state index in [4.69, 9.17) is 9.47 Å². The number of hydrogen-bond donors (Lipinski definition) is 0. The molecule has 0 unspecified atom stereocenters. The van der Waals surface area contributed by atoms with E-state index in [1.807, 2.05) is 84.9 Å². The molecule has 234 valence electrons. The highest BCUT2D eigenvalue weighted by Gasteiger charge is 2.45. The lowest BCUT2D eigenvalue weighted by molar-refractivity contribution is 0.439. The van der Waals surface area contributed by atoms with Gasteiger partial charge in [-0.25, -0.2) is 0 Å². The molecule has 9 rings (SSSR count). The van der Waals surface area contributed by atoms with Crippen molar-refractivity contribution in [1.29, 1.82) is 0 Å². The normalized spacial score (nSPS) is 13.9. The van der Waals surface area contributed by atoms with Gasteiger partial charge in [0.2, 0.25) is 0 Å². The number of ether oxygens (including phenoxy) is 2. The van der Waals surface area contributed by atoms with Crippen LogP contribution in [0.15, 0.2) is 182 Å². The highest BCUT2D eigenvalue weighted by atomic mass is 16.5. The van der Waals surface area contributed by atoms with Crippen molar-refractivity contribution in [2.75, 3.05) is 0 Å². The molecule has 2 nitrogen and oxygen atoms in total. The summed E-state index contributed by atoms with van der Waals surface area (Å²) in [5, 5.41) is 0. The molecule has 0 fully saturated rings. The summed E-state index contributed by atoms with van der Waals surface area (Å²) in [7, 11) is 0. The van der Waals surface area contributed by atoms with Crippen molar-refractivity contribution in [2.45, 2.75) is 10.8 Å². The van der Waals surface area contributed by atoms with Gasteiger partial charge in [0.1, 0.15) is 33.8 Å². The molecule has 0 radical (unpaired) electrons. The van der Waals surface area contributed by atoms with E-state index >= 15 is 0 Å². The van der Waals surface area contributed by atoms with Crippen LogP contribution < -0.4 is 9.47 Å². The van der Waals surface area contributed by atoms with Crippen molar-refractivity contribution >= 4 is 0 Å². The molecule has 2 heteroatoms. The fourth-order valence-electron chi connectivity index (χ4n) is 7.37. The zero-order valence-electron chi connectivity index (χ0n) is 27.1. The van der Waals surface area contributed by atoms with Gasteiger partial charge in [-0.1, -0.05) is 157 Å². The number of hydrogen-bond acceptors (Lipinski definition) is 2. The zero-order chi connectivity index (χ0) is 33.4. The Labute approximate surface area is 292 Å². The van der Waals surface area contributed by atoms with E-state index in [1.165, 1.54) is 0 Å². The average molecular weight is 639 g/mol. The SMILES string of the molecule is C(#CC1(c2ccc(C3(C#Cc4ccccc4)c4ccccc4Oc4ccccc43)cc2)c2ccccc2Oc2ccccc21)c1ccccc1. The Bertz CT molecular complexity index is 2220. The van der Waals surface area contributed by atoms with Crippen LogP contribution in [0.3, 0.4) is 0 Å². The van der Waals surface area contributed by atoms with Gasteiger partial charge in [0.25, 0.3) is 0 Å². The first kappa shape index (κ1) is 29.4. The highest BCUT2D eigenvalue weighted by Crippen LogP contribution is 2.54. The standard InChI is InChI=1S/C48H30O2/c1-3-15-35(16-4-1)31-33-47(39-19-7-11-23-43(39)49-44-24-12-8-20-40(44)47)37-27-29-38(30-28-37)48(34-32-36-17-5-2-6-18-36)41-21-9-13-25-45(41)50-46-26-14-10-22-42(46)48/h1-30H. The van der Waals surface area contributed by atoms with Gasteiger partial charge in [-0.15, -0.1) is 0 Å². The summed E-state index contributed by atoms with van der Waals surface area (Å²) < 4.78 is 13.0. The van der Waals surface area contributed by atoms with Crippen LogP contribution in [0, 0.1) is 23.7 Å². The van der Waals surface area contributed by atoms with Crippen molar-refractivity contribution in [2.24, 2.45) is 0 Å². The minimum absolute atomic E-state index is 0.797. The zero-order valence-corrected chi connectivity index (χ0v) is 27.1. The molecular formula is C48H30O2. The molecule has 0 aromatic heterocycles. The predicted octanol–water partition coefficient (Wildman–Crippen LogP) is 10.7. The van der Waals surface area contributed by atoms with Gasteiger partial charge in [0.15, 0.2) is 0 Å². The Hall–Kier alpha value is -6.74. The van der Waals surface area contributed by atoms with Crippen LogP contribution in [0.5, 0.6) is 23.0 Å². The third kappa shape index (κ3) is 4.70. The lowest BCUT2D eigenvalue weighted by Crippen LogP contribution is -2.33. The van der Waals surface area contributed by atoms with E-state index in [9.17, 15) is 0 Å². The van der Waals surface area contributed by atoms with Gasteiger partial charge in [0, 0.05) is 33.4 Å². The molecule has 7 aromatic carbocycles. The second-order valence-electron chi connectivity index (χ2n) is 12.5. The second kappa shape index (κ2) is 12.1. The van der Waals surface area contributed by atoms with Crippen LogP contribution in [-0.2, 0) is 10.8 Å². The van der Waals surface area contributed by atoms with Crippen LogP contribution in [0.1, 0.15) is 44.5 Å². The molecule has 2 aliphatic heterocycles. The molecule has 0 amide bonds. The summed E-state index contributed by atoms with van der Waals surface area (Å²) in [5.74, 6) is 17.9. The summed E-state index contributed by atoms with van der Waals surface area (Å²) in [5.41, 5.74) is 6.45. The maximum absolute atomic E-state index is 6.49. The largest absolute Gasteiger partial charge is 0.457 e. The molecule has 50 heavy (non-hydrogen) atoms. The van der Waals surface area contributed by atoms with Gasteiger partial charge in [0.05, 0.1) is 0 Å². The van der Waals surface area contributed by atoms with Crippen LogP contribution in [0.4, 0.5) is 0 Å². The Kier molecular flexibility index (Phi) is 7.09. The molecule has 0 N–H and O–H groups in total. The second-order valence-corrected chi connectivity index (χ2v) is 12.5. The van der Waals surface area contributed by atoms with Gasteiger partial charge < -0.3 is 9.47 Å². The quantitative estimate of drug-likeness (QED) is 0.176. The van der Waals surface area contributed by atoms with E-state index in [2.05, 4.69) is 121 Å². The molecule has 0 spiro atoms. The molecule has 2 aliphatic rings. The van der Waals surface area contributed by atoms with Gasteiger partial charge in [-0.3, -0.25) is 0 Å². The summed E-state index contributed by atoms with van der Waals surface area (Å²) in [6.07, 6.45) is 0. The summed E-state index contributed by atoms with van der Waals surface area (Å²) in [6.45, 7) is 0. The predicted molar refractivity (Wildman–Crippen MR) is 199 cm³/mol. The summed E-state index contributed by atoms with van der Waals surface area (Å²) >= 11 is 0. The van der Waals surface area contributed by atoms with Crippen LogP contribution in [0.25, 0.3) is 0 Å². The van der Waals surface area contributed by atoms with Crippen LogP contribution in [-0.4, -0.2) is 0 Å². The minimum Gasteiger partial charge on any atom is -0.457 e. The van der Waals surface area contributed by atoms with Crippen molar-refractivity contribution in [3.8, 4) is 46.7 Å². The molecule has 2 heterocycles. The summed E-state index contributed by atoms with van der Waals surface area (Å²) in [4.78, 5) is 0. The summed E-state index contributed by atoms with van der Waals surface area (Å²) in [6, 6.07) is 62.2. The van der Waals surface area contributed by atoms with Crippen molar-refractivity contribution in [3.05, 3.63) is 226 Å². The fraction of sp³-hybridized carbons (Fsp3) is 0.0417. The molecule has 7 aromatic rings. The number of rotatable bonds is 2. The molecule has 0 saturated carbocycles.